The Labute approximate surface area is 161 Å². The van der Waals surface area contributed by atoms with Gasteiger partial charge in [0.2, 0.25) is 0 Å². The van der Waals surface area contributed by atoms with Crippen LogP contribution >= 0.6 is 11.3 Å². The molecule has 27 heavy (non-hydrogen) atoms. The third-order valence-electron chi connectivity index (χ3n) is 5.03. The molecule has 1 N–H and O–H groups in total. The molecule has 0 spiro atoms. The van der Waals surface area contributed by atoms with E-state index in [-0.39, 0.29) is 11.5 Å². The Balaban J connectivity index is 1.88. The number of nitrogens with one attached hydrogen (secondary N) is 1. The monoisotopic (exact) mass is 379 g/mol. The van der Waals surface area contributed by atoms with Gasteiger partial charge in [0.15, 0.2) is 0 Å². The van der Waals surface area contributed by atoms with E-state index in [1.54, 1.807) is 0 Å². The van der Waals surface area contributed by atoms with Crippen LogP contribution in [0.5, 0.6) is 0 Å². The van der Waals surface area contributed by atoms with Gasteiger partial charge in [-0.15, -0.1) is 11.3 Å². The van der Waals surface area contributed by atoms with E-state index in [9.17, 15) is 9.59 Å². The minimum atomic E-state index is -0.190. The van der Waals surface area contributed by atoms with Gasteiger partial charge in [-0.3, -0.25) is 9.59 Å². The lowest BCUT2D eigenvalue weighted by Gasteiger charge is -2.17. The molecule has 0 saturated carbocycles. The fourth-order valence-electron chi connectivity index (χ4n) is 3.42. The molecule has 2 aromatic heterocycles. The summed E-state index contributed by atoms with van der Waals surface area (Å²) in [5.74, 6) is 0.262. The zero-order valence-electron chi connectivity index (χ0n) is 15.4. The van der Waals surface area contributed by atoms with Crippen LogP contribution in [0.25, 0.3) is 21.9 Å². The van der Waals surface area contributed by atoms with Crippen LogP contribution in [0.3, 0.4) is 0 Å². The second-order valence-electron chi connectivity index (χ2n) is 6.85. The zero-order valence-corrected chi connectivity index (χ0v) is 16.2. The Bertz CT molecular complexity index is 1090. The molecular formula is C21H21N3O2S. The van der Waals surface area contributed by atoms with Crippen LogP contribution in [0.2, 0.25) is 0 Å². The molecule has 3 heterocycles. The molecule has 138 valence electrons. The molecule has 0 atom stereocenters. The highest BCUT2D eigenvalue weighted by Gasteiger charge is 2.25. The van der Waals surface area contributed by atoms with Crippen molar-refractivity contribution in [1.29, 1.82) is 0 Å². The average Bonchev–Trinajstić information content (AvgIpc) is 3.29. The first kappa shape index (κ1) is 17.7. The van der Waals surface area contributed by atoms with Crippen molar-refractivity contribution in [2.24, 2.45) is 0 Å². The normalized spacial score (nSPS) is 14.9. The van der Waals surface area contributed by atoms with Gasteiger partial charge in [-0.25, -0.2) is 4.98 Å². The third kappa shape index (κ3) is 3.32. The number of amides is 1. The van der Waals surface area contributed by atoms with E-state index in [4.69, 9.17) is 0 Å². The van der Waals surface area contributed by atoms with E-state index in [1.807, 2.05) is 55.2 Å². The number of hydrogen-bond acceptors (Lipinski definition) is 4. The van der Waals surface area contributed by atoms with Gasteiger partial charge in [-0.2, -0.15) is 0 Å². The topological polar surface area (TPSA) is 66.1 Å². The highest BCUT2D eigenvalue weighted by molar-refractivity contribution is 7.18. The fourth-order valence-corrected chi connectivity index (χ4v) is 4.45. The van der Waals surface area contributed by atoms with Crippen molar-refractivity contribution in [1.82, 2.24) is 14.9 Å². The van der Waals surface area contributed by atoms with Gasteiger partial charge < -0.3 is 9.88 Å². The van der Waals surface area contributed by atoms with Gasteiger partial charge >= 0.3 is 0 Å². The number of carbonyl (C=O) groups is 1. The Morgan fingerprint density at radius 2 is 1.89 bits per heavy atom. The zero-order chi connectivity index (χ0) is 19.0. The smallest absolute Gasteiger partial charge is 0.260 e. The summed E-state index contributed by atoms with van der Waals surface area (Å²) in [6.45, 7) is 5.40. The Kier molecular flexibility index (Phi) is 4.66. The molecule has 1 aliphatic rings. The number of nitrogens with zero attached hydrogens (tertiary/aromatic N) is 2. The number of hydrogen-bond donors (Lipinski definition) is 1. The summed E-state index contributed by atoms with van der Waals surface area (Å²) >= 11 is 1.49. The van der Waals surface area contributed by atoms with Crippen LogP contribution in [0.4, 0.5) is 0 Å². The first-order valence-electron chi connectivity index (χ1n) is 9.11. The number of benzene rings is 1. The van der Waals surface area contributed by atoms with E-state index in [1.165, 1.54) is 11.3 Å². The van der Waals surface area contributed by atoms with Crippen molar-refractivity contribution in [3.8, 4) is 0 Å². The predicted molar refractivity (Wildman–Crippen MR) is 110 cm³/mol. The van der Waals surface area contributed by atoms with E-state index >= 15 is 0 Å². The molecule has 0 bridgehead atoms. The van der Waals surface area contributed by atoms with Crippen LogP contribution < -0.4 is 5.56 Å². The van der Waals surface area contributed by atoms with Gasteiger partial charge in [0.05, 0.1) is 11.0 Å². The average molecular weight is 379 g/mol. The second kappa shape index (κ2) is 7.12. The van der Waals surface area contributed by atoms with Crippen molar-refractivity contribution in [2.45, 2.75) is 26.7 Å². The maximum absolute atomic E-state index is 13.2. The molecule has 0 aliphatic carbocycles. The summed E-state index contributed by atoms with van der Waals surface area (Å²) in [7, 11) is 0. The molecule has 1 aromatic carbocycles. The van der Waals surface area contributed by atoms with Gasteiger partial charge in [0.25, 0.3) is 11.5 Å². The van der Waals surface area contributed by atoms with Crippen molar-refractivity contribution in [3.05, 3.63) is 62.5 Å². The Hall–Kier alpha value is -2.73. The van der Waals surface area contributed by atoms with Crippen LogP contribution in [0, 0.1) is 13.8 Å². The first-order chi connectivity index (χ1) is 13.0. The van der Waals surface area contributed by atoms with E-state index in [0.717, 1.165) is 41.9 Å². The lowest BCUT2D eigenvalue weighted by atomic mass is 10.1. The molecule has 1 aliphatic heterocycles. The summed E-state index contributed by atoms with van der Waals surface area (Å²) in [6.07, 6.45) is 3.84. The predicted octanol–water partition coefficient (Wildman–Crippen LogP) is 3.76. The van der Waals surface area contributed by atoms with Crippen molar-refractivity contribution in [2.75, 3.05) is 13.1 Å². The molecule has 0 radical (unpaired) electrons. The SMILES string of the molecule is Cc1sc2nc(/C(=C\c3ccccc3)C(=O)N3CCCC3)[nH]c(=O)c2c1C. The summed E-state index contributed by atoms with van der Waals surface area (Å²) < 4.78 is 0. The lowest BCUT2D eigenvalue weighted by Crippen LogP contribution is -2.29. The number of aromatic nitrogens is 2. The molecule has 1 amide bonds. The first-order valence-corrected chi connectivity index (χ1v) is 9.92. The number of aromatic amines is 1. The summed E-state index contributed by atoms with van der Waals surface area (Å²) in [6, 6.07) is 9.66. The van der Waals surface area contributed by atoms with E-state index < -0.39 is 0 Å². The fraction of sp³-hybridized carbons (Fsp3) is 0.286. The van der Waals surface area contributed by atoms with Crippen LogP contribution in [0.1, 0.15) is 34.7 Å². The van der Waals surface area contributed by atoms with Gasteiger partial charge in [0.1, 0.15) is 10.7 Å². The van der Waals surface area contributed by atoms with Crippen LogP contribution in [-0.2, 0) is 4.79 Å². The molecule has 0 unspecified atom stereocenters. The number of H-pyrrole nitrogens is 1. The minimum absolute atomic E-state index is 0.0798. The van der Waals surface area contributed by atoms with Crippen molar-refractivity contribution >= 4 is 39.1 Å². The number of rotatable bonds is 3. The summed E-state index contributed by atoms with van der Waals surface area (Å²) in [5, 5.41) is 0.619. The van der Waals surface area contributed by atoms with Crippen LogP contribution in [0.15, 0.2) is 35.1 Å². The molecule has 1 fully saturated rings. The minimum Gasteiger partial charge on any atom is -0.339 e. The molecule has 3 aromatic rings. The maximum atomic E-state index is 13.2. The number of thiophene rings is 1. The largest absolute Gasteiger partial charge is 0.339 e. The van der Waals surface area contributed by atoms with E-state index in [0.29, 0.717) is 21.6 Å². The quantitative estimate of drug-likeness (QED) is 0.705. The molecule has 4 rings (SSSR count). The highest BCUT2D eigenvalue weighted by atomic mass is 32.1. The van der Waals surface area contributed by atoms with Gasteiger partial charge in [-0.1, -0.05) is 30.3 Å². The van der Waals surface area contributed by atoms with Gasteiger partial charge in [0, 0.05) is 18.0 Å². The summed E-state index contributed by atoms with van der Waals surface area (Å²) in [5.41, 5.74) is 2.10. The molecular weight excluding hydrogens is 358 g/mol. The number of aryl methyl sites for hydroxylation is 2. The highest BCUT2D eigenvalue weighted by Crippen LogP contribution is 2.28. The standard InChI is InChI=1S/C21H21N3O2S/c1-13-14(2)27-20-17(13)19(25)22-18(23-20)16(12-15-8-4-3-5-9-15)21(26)24-10-6-7-11-24/h3-5,8-9,12H,6-7,10-11H2,1-2H3,(H,22,23,25)/b16-12+. The maximum Gasteiger partial charge on any atom is 0.260 e. The van der Waals surface area contributed by atoms with Crippen LogP contribution in [-0.4, -0.2) is 33.9 Å². The van der Waals surface area contributed by atoms with Gasteiger partial charge in [-0.05, 0) is 43.9 Å². The number of carbonyl (C=O) groups excluding carboxylic acids is 1. The second-order valence-corrected chi connectivity index (χ2v) is 8.05. The van der Waals surface area contributed by atoms with Crippen molar-refractivity contribution in [3.63, 3.8) is 0 Å². The summed E-state index contributed by atoms with van der Waals surface area (Å²) in [4.78, 5) is 37.0. The van der Waals surface area contributed by atoms with Crippen molar-refractivity contribution < 1.29 is 4.79 Å². The number of likely N-dealkylation sites (tertiary alicyclic amines) is 1. The molecule has 1 saturated heterocycles. The lowest BCUT2D eigenvalue weighted by molar-refractivity contribution is -0.123. The van der Waals surface area contributed by atoms with E-state index in [2.05, 4.69) is 9.97 Å². The molecule has 5 nitrogen and oxygen atoms in total. The molecule has 6 heteroatoms. The number of fused-ring (bicyclic) bond motifs is 1. The Morgan fingerprint density at radius 1 is 1.19 bits per heavy atom. The Morgan fingerprint density at radius 3 is 2.59 bits per heavy atom. The third-order valence-corrected chi connectivity index (χ3v) is 6.13.